The SMILES string of the molecule is CCN1CCC(N/C=C(\C=N)c2cnc3cn[nH]c3c2)CC1. The average Bonchev–Trinajstić information content (AvgIpc) is 3.04. The van der Waals surface area contributed by atoms with Crippen LogP contribution < -0.4 is 5.32 Å². The quantitative estimate of drug-likeness (QED) is 0.738. The predicted molar refractivity (Wildman–Crippen MR) is 88.9 cm³/mol. The van der Waals surface area contributed by atoms with Gasteiger partial charge < -0.3 is 15.6 Å². The van der Waals surface area contributed by atoms with Gasteiger partial charge in [0.05, 0.1) is 11.7 Å². The predicted octanol–water partition coefficient (Wildman–Crippen LogP) is 2.02. The molecule has 0 aromatic carbocycles. The maximum absolute atomic E-state index is 7.65. The summed E-state index contributed by atoms with van der Waals surface area (Å²) in [5.41, 5.74) is 3.49. The van der Waals surface area contributed by atoms with Crippen LogP contribution in [-0.2, 0) is 0 Å². The summed E-state index contributed by atoms with van der Waals surface area (Å²) in [7, 11) is 0. The Hall–Kier alpha value is -2.21. The summed E-state index contributed by atoms with van der Waals surface area (Å²) in [6, 6.07) is 2.47. The number of likely N-dealkylation sites (tertiary alicyclic amines) is 1. The van der Waals surface area contributed by atoms with Gasteiger partial charge in [-0.3, -0.25) is 10.1 Å². The molecule has 6 nitrogen and oxygen atoms in total. The van der Waals surface area contributed by atoms with E-state index in [2.05, 4.69) is 32.3 Å². The molecule has 1 aliphatic rings. The van der Waals surface area contributed by atoms with Crippen molar-refractivity contribution in [1.29, 1.82) is 5.41 Å². The number of aromatic amines is 1. The smallest absolute Gasteiger partial charge is 0.108 e. The Morgan fingerprint density at radius 2 is 2.27 bits per heavy atom. The van der Waals surface area contributed by atoms with Crippen molar-refractivity contribution in [2.75, 3.05) is 19.6 Å². The van der Waals surface area contributed by atoms with Crippen LogP contribution in [0.15, 0.2) is 24.7 Å². The van der Waals surface area contributed by atoms with Crippen LogP contribution in [0.3, 0.4) is 0 Å². The number of hydrogen-bond donors (Lipinski definition) is 3. The van der Waals surface area contributed by atoms with E-state index in [1.54, 1.807) is 12.4 Å². The highest BCUT2D eigenvalue weighted by Crippen LogP contribution is 2.16. The summed E-state index contributed by atoms with van der Waals surface area (Å²) in [4.78, 5) is 6.82. The standard InChI is InChI=1S/C16H22N6/c1-2-22-5-3-14(4-6-22)18-10-13(8-17)12-7-15-16(19-9-12)11-20-21-15/h7-11,14,17-18H,2-6H2,1H3,(H,20,21)/b13-10+,17-8?. The third kappa shape index (κ3) is 3.17. The molecule has 116 valence electrons. The molecule has 2 aromatic rings. The van der Waals surface area contributed by atoms with Gasteiger partial charge >= 0.3 is 0 Å². The van der Waals surface area contributed by atoms with E-state index in [-0.39, 0.29) is 0 Å². The van der Waals surface area contributed by atoms with Gasteiger partial charge in [0.2, 0.25) is 0 Å². The van der Waals surface area contributed by atoms with E-state index in [0.29, 0.717) is 6.04 Å². The maximum atomic E-state index is 7.65. The van der Waals surface area contributed by atoms with Gasteiger partial charge in [-0.15, -0.1) is 0 Å². The Morgan fingerprint density at radius 1 is 1.45 bits per heavy atom. The molecule has 3 heterocycles. The number of piperidine rings is 1. The van der Waals surface area contributed by atoms with Crippen molar-refractivity contribution in [2.24, 2.45) is 0 Å². The van der Waals surface area contributed by atoms with Crippen LogP contribution in [-0.4, -0.2) is 52.0 Å². The van der Waals surface area contributed by atoms with Crippen LogP contribution in [0, 0.1) is 5.41 Å². The summed E-state index contributed by atoms with van der Waals surface area (Å²) in [5.74, 6) is 0. The number of hydrogen-bond acceptors (Lipinski definition) is 5. The van der Waals surface area contributed by atoms with Crippen LogP contribution in [0.5, 0.6) is 0 Å². The first kappa shape index (κ1) is 14.7. The van der Waals surface area contributed by atoms with Crippen LogP contribution in [0.25, 0.3) is 16.6 Å². The molecule has 22 heavy (non-hydrogen) atoms. The van der Waals surface area contributed by atoms with E-state index in [0.717, 1.165) is 54.6 Å². The van der Waals surface area contributed by atoms with Crippen LogP contribution in [0.4, 0.5) is 0 Å². The molecular weight excluding hydrogens is 276 g/mol. The Balaban J connectivity index is 1.69. The van der Waals surface area contributed by atoms with Crippen molar-refractivity contribution in [2.45, 2.75) is 25.8 Å². The van der Waals surface area contributed by atoms with E-state index in [9.17, 15) is 0 Å². The van der Waals surface area contributed by atoms with E-state index in [1.165, 1.54) is 6.21 Å². The van der Waals surface area contributed by atoms with Crippen molar-refractivity contribution in [1.82, 2.24) is 25.4 Å². The molecule has 0 radical (unpaired) electrons. The molecule has 0 bridgehead atoms. The second kappa shape index (κ2) is 6.70. The van der Waals surface area contributed by atoms with Crippen LogP contribution in [0.2, 0.25) is 0 Å². The van der Waals surface area contributed by atoms with Gasteiger partial charge in [0.15, 0.2) is 0 Å². The van der Waals surface area contributed by atoms with Gasteiger partial charge in [-0.2, -0.15) is 5.10 Å². The number of H-pyrrole nitrogens is 1. The first-order valence-corrected chi connectivity index (χ1v) is 7.78. The Kier molecular flexibility index (Phi) is 4.48. The lowest BCUT2D eigenvalue weighted by atomic mass is 10.0. The number of nitrogens with one attached hydrogen (secondary N) is 3. The van der Waals surface area contributed by atoms with Crippen LogP contribution >= 0.6 is 0 Å². The molecule has 6 heteroatoms. The molecule has 0 saturated carbocycles. The molecule has 1 fully saturated rings. The van der Waals surface area contributed by atoms with Crippen molar-refractivity contribution in [3.8, 4) is 0 Å². The van der Waals surface area contributed by atoms with E-state index in [1.807, 2.05) is 12.3 Å². The summed E-state index contributed by atoms with van der Waals surface area (Å²) in [5, 5.41) is 18.0. The number of nitrogens with zero attached hydrogens (tertiary/aromatic N) is 3. The zero-order chi connectivity index (χ0) is 15.4. The van der Waals surface area contributed by atoms with Gasteiger partial charge in [0, 0.05) is 48.9 Å². The molecular formula is C16H22N6. The maximum Gasteiger partial charge on any atom is 0.108 e. The second-order valence-electron chi connectivity index (χ2n) is 5.65. The minimum absolute atomic E-state index is 0.488. The summed E-state index contributed by atoms with van der Waals surface area (Å²) in [6.07, 6.45) is 9.09. The molecule has 0 amide bonds. The fraction of sp³-hybridized carbons (Fsp3) is 0.438. The third-order valence-electron chi connectivity index (χ3n) is 4.29. The fourth-order valence-electron chi connectivity index (χ4n) is 2.82. The molecule has 0 spiro atoms. The third-order valence-corrected chi connectivity index (χ3v) is 4.29. The lowest BCUT2D eigenvalue weighted by molar-refractivity contribution is 0.213. The summed E-state index contributed by atoms with van der Waals surface area (Å²) < 4.78 is 0. The molecule has 2 aromatic heterocycles. The second-order valence-corrected chi connectivity index (χ2v) is 5.65. The van der Waals surface area contributed by atoms with Gasteiger partial charge in [-0.05, 0) is 25.5 Å². The Morgan fingerprint density at radius 3 is 3.00 bits per heavy atom. The number of aromatic nitrogens is 3. The molecule has 0 atom stereocenters. The van der Waals surface area contributed by atoms with Crippen molar-refractivity contribution in [3.05, 3.63) is 30.2 Å². The number of fused-ring (bicyclic) bond motifs is 1. The monoisotopic (exact) mass is 298 g/mol. The molecule has 3 rings (SSSR count). The van der Waals surface area contributed by atoms with Gasteiger partial charge in [0.1, 0.15) is 5.52 Å². The average molecular weight is 298 g/mol. The van der Waals surface area contributed by atoms with E-state index in [4.69, 9.17) is 5.41 Å². The van der Waals surface area contributed by atoms with Gasteiger partial charge in [-0.1, -0.05) is 6.92 Å². The largest absolute Gasteiger partial charge is 0.388 e. The lowest BCUT2D eigenvalue weighted by Crippen LogP contribution is -2.40. The first-order chi connectivity index (χ1) is 10.8. The highest BCUT2D eigenvalue weighted by Gasteiger charge is 2.16. The fourth-order valence-corrected chi connectivity index (χ4v) is 2.82. The zero-order valence-corrected chi connectivity index (χ0v) is 12.8. The van der Waals surface area contributed by atoms with Gasteiger partial charge in [0.25, 0.3) is 0 Å². The topological polar surface area (TPSA) is 80.7 Å². The van der Waals surface area contributed by atoms with Crippen molar-refractivity contribution >= 4 is 22.8 Å². The number of pyridine rings is 1. The molecule has 0 unspecified atom stereocenters. The summed E-state index contributed by atoms with van der Waals surface area (Å²) in [6.45, 7) is 5.62. The Bertz CT molecular complexity index is 666. The lowest BCUT2D eigenvalue weighted by Gasteiger charge is -2.31. The zero-order valence-electron chi connectivity index (χ0n) is 12.8. The van der Waals surface area contributed by atoms with Crippen LogP contribution in [0.1, 0.15) is 25.3 Å². The molecule has 1 saturated heterocycles. The number of allylic oxidation sites excluding steroid dienone is 1. The molecule has 1 aliphatic heterocycles. The highest BCUT2D eigenvalue weighted by molar-refractivity contribution is 6.08. The minimum Gasteiger partial charge on any atom is -0.388 e. The first-order valence-electron chi connectivity index (χ1n) is 7.78. The highest BCUT2D eigenvalue weighted by atomic mass is 15.1. The van der Waals surface area contributed by atoms with Crippen molar-refractivity contribution < 1.29 is 0 Å². The van der Waals surface area contributed by atoms with Crippen molar-refractivity contribution in [3.63, 3.8) is 0 Å². The number of rotatable bonds is 5. The van der Waals surface area contributed by atoms with Gasteiger partial charge in [-0.25, -0.2) is 0 Å². The molecule has 0 aliphatic carbocycles. The van der Waals surface area contributed by atoms with E-state index < -0.39 is 0 Å². The molecule has 3 N–H and O–H groups in total. The summed E-state index contributed by atoms with van der Waals surface area (Å²) >= 11 is 0. The normalized spacial score (nSPS) is 17.8. The minimum atomic E-state index is 0.488. The Labute approximate surface area is 130 Å². The van der Waals surface area contributed by atoms with E-state index >= 15 is 0 Å².